The first-order chi connectivity index (χ1) is 15.0. The number of likely N-dealkylation sites (tertiary alicyclic amines) is 1. The van der Waals surface area contributed by atoms with Crippen LogP contribution in [0.2, 0.25) is 0 Å². The lowest BCUT2D eigenvalue weighted by Gasteiger charge is -2.29. The number of hydrogen-bond acceptors (Lipinski definition) is 6. The van der Waals surface area contributed by atoms with E-state index in [1.165, 1.54) is 32.0 Å². The van der Waals surface area contributed by atoms with E-state index in [4.69, 9.17) is 9.47 Å². The van der Waals surface area contributed by atoms with Crippen molar-refractivity contribution in [1.82, 2.24) is 14.9 Å². The molecule has 2 aliphatic rings. The van der Waals surface area contributed by atoms with Crippen molar-refractivity contribution in [2.45, 2.75) is 38.4 Å². The molecule has 0 unspecified atom stereocenters. The van der Waals surface area contributed by atoms with Crippen molar-refractivity contribution in [1.29, 1.82) is 0 Å². The second-order valence-electron chi connectivity index (χ2n) is 7.92. The van der Waals surface area contributed by atoms with Crippen molar-refractivity contribution in [3.63, 3.8) is 0 Å². The minimum atomic E-state index is -4.39. The zero-order valence-electron chi connectivity index (χ0n) is 17.4. The quantitative estimate of drug-likeness (QED) is 0.586. The number of nitrogens with zero attached hydrogens (tertiary/aromatic N) is 4. The Hall–Kier alpha value is -2.55. The maximum absolute atomic E-state index is 12.4. The van der Waals surface area contributed by atoms with E-state index in [2.05, 4.69) is 14.9 Å². The normalized spacial score (nSPS) is 16.9. The van der Waals surface area contributed by atoms with Gasteiger partial charge in [-0.15, -0.1) is 0 Å². The van der Waals surface area contributed by atoms with Gasteiger partial charge in [0, 0.05) is 38.2 Å². The van der Waals surface area contributed by atoms with Crippen molar-refractivity contribution >= 4 is 5.82 Å². The molecule has 0 atom stereocenters. The Morgan fingerprint density at radius 1 is 0.935 bits per heavy atom. The fourth-order valence-electron chi connectivity index (χ4n) is 3.96. The van der Waals surface area contributed by atoms with Gasteiger partial charge in [0.1, 0.15) is 5.82 Å². The summed E-state index contributed by atoms with van der Waals surface area (Å²) in [4.78, 5) is 13.4. The fourth-order valence-corrected chi connectivity index (χ4v) is 3.96. The number of ether oxygens (including phenoxy) is 2. The maximum Gasteiger partial charge on any atom is 0.422 e. The van der Waals surface area contributed by atoms with Crippen LogP contribution in [0.5, 0.6) is 11.8 Å². The summed E-state index contributed by atoms with van der Waals surface area (Å²) in [6.07, 6.45) is -0.0861. The first-order valence-corrected chi connectivity index (χ1v) is 10.7. The van der Waals surface area contributed by atoms with Gasteiger partial charge in [-0.3, -0.25) is 0 Å². The Balaban J connectivity index is 1.30. The molecule has 1 fully saturated rings. The van der Waals surface area contributed by atoms with Gasteiger partial charge in [-0.25, -0.2) is 4.98 Å². The molecule has 0 N–H and O–H groups in total. The molecule has 1 saturated heterocycles. The molecule has 0 amide bonds. The standard InChI is InChI=1S/C22H27F3N4O2/c23-22(24,25)16-31-20-6-3-5-19(27-20)29-13-9-18-17(15-29)7-8-21(26-18)30-14-4-12-28-10-1-2-11-28/h3,5-8H,1-2,4,9-16H2. The monoisotopic (exact) mass is 436 g/mol. The van der Waals surface area contributed by atoms with E-state index in [-0.39, 0.29) is 5.88 Å². The lowest BCUT2D eigenvalue weighted by Crippen LogP contribution is -2.31. The van der Waals surface area contributed by atoms with Crippen molar-refractivity contribution in [3.8, 4) is 11.8 Å². The van der Waals surface area contributed by atoms with Crippen molar-refractivity contribution in [2.24, 2.45) is 0 Å². The Morgan fingerprint density at radius 2 is 1.74 bits per heavy atom. The molecule has 0 spiro atoms. The van der Waals surface area contributed by atoms with Crippen LogP contribution in [-0.2, 0) is 13.0 Å². The summed E-state index contributed by atoms with van der Waals surface area (Å²) in [6, 6.07) is 8.75. The number of alkyl halides is 3. The van der Waals surface area contributed by atoms with Gasteiger partial charge in [-0.1, -0.05) is 12.1 Å². The maximum atomic E-state index is 12.4. The highest BCUT2D eigenvalue weighted by Gasteiger charge is 2.29. The van der Waals surface area contributed by atoms with E-state index in [1.54, 1.807) is 12.1 Å². The summed E-state index contributed by atoms with van der Waals surface area (Å²) < 4.78 is 47.8. The third kappa shape index (κ3) is 6.22. The summed E-state index contributed by atoms with van der Waals surface area (Å²) in [5, 5.41) is 0. The number of pyridine rings is 2. The number of rotatable bonds is 8. The third-order valence-electron chi connectivity index (χ3n) is 5.51. The highest BCUT2D eigenvalue weighted by atomic mass is 19.4. The van der Waals surface area contributed by atoms with Gasteiger partial charge < -0.3 is 19.3 Å². The Labute approximate surface area is 180 Å². The van der Waals surface area contributed by atoms with Crippen molar-refractivity contribution in [2.75, 3.05) is 44.3 Å². The first kappa shape index (κ1) is 21.7. The molecular weight excluding hydrogens is 409 g/mol. The Kier molecular flexibility index (Phi) is 6.80. The second kappa shape index (κ2) is 9.72. The SMILES string of the molecule is FC(F)(F)COc1cccc(N2CCc3nc(OCCCN4CCCC4)ccc3C2)n1. The number of halogens is 3. The molecule has 2 aromatic heterocycles. The van der Waals surface area contributed by atoms with Crippen LogP contribution in [-0.4, -0.2) is 60.4 Å². The summed E-state index contributed by atoms with van der Waals surface area (Å²) in [6.45, 7) is 4.03. The van der Waals surface area contributed by atoms with E-state index in [9.17, 15) is 13.2 Å². The average molecular weight is 436 g/mol. The van der Waals surface area contributed by atoms with Crippen LogP contribution in [0.4, 0.5) is 19.0 Å². The van der Waals surface area contributed by atoms with Gasteiger partial charge in [-0.05, 0) is 44.0 Å². The van der Waals surface area contributed by atoms with Gasteiger partial charge in [0.25, 0.3) is 0 Å². The number of fused-ring (bicyclic) bond motifs is 1. The van der Waals surface area contributed by atoms with Crippen molar-refractivity contribution < 1.29 is 22.6 Å². The van der Waals surface area contributed by atoms with Gasteiger partial charge >= 0.3 is 6.18 Å². The topological polar surface area (TPSA) is 50.7 Å². The molecule has 0 aromatic carbocycles. The largest absolute Gasteiger partial charge is 0.478 e. The second-order valence-corrected chi connectivity index (χ2v) is 7.92. The lowest BCUT2D eigenvalue weighted by molar-refractivity contribution is -0.154. The van der Waals surface area contributed by atoms with Crippen LogP contribution < -0.4 is 14.4 Å². The van der Waals surface area contributed by atoms with Gasteiger partial charge in [0.05, 0.1) is 12.3 Å². The van der Waals surface area contributed by atoms with E-state index in [0.29, 0.717) is 31.4 Å². The van der Waals surface area contributed by atoms with E-state index < -0.39 is 12.8 Å². The summed E-state index contributed by atoms with van der Waals surface area (Å²) in [5.41, 5.74) is 2.07. The fraction of sp³-hybridized carbons (Fsp3) is 0.545. The molecule has 2 aromatic rings. The van der Waals surface area contributed by atoms with E-state index >= 15 is 0 Å². The molecule has 4 rings (SSSR count). The molecule has 0 aliphatic carbocycles. The third-order valence-corrected chi connectivity index (χ3v) is 5.51. The molecule has 0 radical (unpaired) electrons. The van der Waals surface area contributed by atoms with Crippen LogP contribution in [0.15, 0.2) is 30.3 Å². The summed E-state index contributed by atoms with van der Waals surface area (Å²) >= 11 is 0. The molecule has 0 bridgehead atoms. The summed E-state index contributed by atoms with van der Waals surface area (Å²) in [7, 11) is 0. The Morgan fingerprint density at radius 3 is 2.55 bits per heavy atom. The molecule has 4 heterocycles. The molecule has 6 nitrogen and oxygen atoms in total. The van der Waals surface area contributed by atoms with Crippen LogP contribution in [0.1, 0.15) is 30.5 Å². The zero-order valence-corrected chi connectivity index (χ0v) is 17.4. The molecule has 2 aliphatic heterocycles. The minimum absolute atomic E-state index is 0.0311. The van der Waals surface area contributed by atoms with Crippen LogP contribution >= 0.6 is 0 Å². The van der Waals surface area contributed by atoms with Gasteiger partial charge in [0.2, 0.25) is 11.8 Å². The highest BCUT2D eigenvalue weighted by Crippen LogP contribution is 2.26. The predicted octanol–water partition coefficient (Wildman–Crippen LogP) is 3.85. The molecule has 9 heteroatoms. The van der Waals surface area contributed by atoms with Crippen molar-refractivity contribution in [3.05, 3.63) is 41.6 Å². The van der Waals surface area contributed by atoms with Gasteiger partial charge in [-0.2, -0.15) is 18.2 Å². The Bertz CT molecular complexity index is 872. The number of hydrogen-bond donors (Lipinski definition) is 0. The van der Waals surface area contributed by atoms with E-state index in [1.807, 2.05) is 17.0 Å². The average Bonchev–Trinajstić information content (AvgIpc) is 3.28. The lowest BCUT2D eigenvalue weighted by atomic mass is 10.1. The molecule has 168 valence electrons. The van der Waals surface area contributed by atoms with E-state index in [0.717, 1.165) is 30.6 Å². The predicted molar refractivity (Wildman–Crippen MR) is 111 cm³/mol. The number of aromatic nitrogens is 2. The zero-order chi connectivity index (χ0) is 21.7. The smallest absolute Gasteiger partial charge is 0.422 e. The summed E-state index contributed by atoms with van der Waals surface area (Å²) in [5.74, 6) is 1.21. The number of anilines is 1. The first-order valence-electron chi connectivity index (χ1n) is 10.7. The van der Waals surface area contributed by atoms with Crippen LogP contribution in [0, 0.1) is 0 Å². The molecule has 31 heavy (non-hydrogen) atoms. The van der Waals surface area contributed by atoms with Gasteiger partial charge in [0.15, 0.2) is 6.61 Å². The minimum Gasteiger partial charge on any atom is -0.478 e. The van der Waals surface area contributed by atoms with Crippen LogP contribution in [0.25, 0.3) is 0 Å². The highest BCUT2D eigenvalue weighted by molar-refractivity contribution is 5.44. The molecular formula is C22H27F3N4O2. The van der Waals surface area contributed by atoms with Crippen LogP contribution in [0.3, 0.4) is 0 Å². The molecule has 0 saturated carbocycles.